The maximum Gasteiger partial charge on any atom is 0.131 e. The zero-order valence-electron chi connectivity index (χ0n) is 8.11. The molecular weight excluding hydrogens is 201 g/mol. The van der Waals surface area contributed by atoms with E-state index < -0.39 is 0 Å². The second-order valence-electron chi connectivity index (χ2n) is 4.04. The van der Waals surface area contributed by atoms with Gasteiger partial charge in [0.1, 0.15) is 5.82 Å². The Morgan fingerprint density at radius 3 is 2.64 bits per heavy atom. The summed E-state index contributed by atoms with van der Waals surface area (Å²) >= 11 is 6.01. The summed E-state index contributed by atoms with van der Waals surface area (Å²) < 4.78 is 13.8. The highest BCUT2D eigenvalue weighted by Gasteiger charge is 2.46. The van der Waals surface area contributed by atoms with Gasteiger partial charge in [-0.1, -0.05) is 17.7 Å². The minimum absolute atomic E-state index is 0.173. The van der Waals surface area contributed by atoms with Gasteiger partial charge in [0, 0.05) is 22.5 Å². The summed E-state index contributed by atoms with van der Waals surface area (Å²) in [6.45, 7) is 2.23. The van der Waals surface area contributed by atoms with Crippen LogP contribution in [0, 0.1) is 12.7 Å². The van der Waals surface area contributed by atoms with Gasteiger partial charge in [0.25, 0.3) is 0 Å². The first kappa shape index (κ1) is 9.94. The molecule has 0 radical (unpaired) electrons. The van der Waals surface area contributed by atoms with Crippen LogP contribution in [-0.4, -0.2) is 6.54 Å². The fourth-order valence-corrected chi connectivity index (χ4v) is 2.20. The van der Waals surface area contributed by atoms with E-state index in [0.717, 1.165) is 12.8 Å². The Bertz CT molecular complexity index is 372. The molecule has 2 N–H and O–H groups in total. The van der Waals surface area contributed by atoms with Gasteiger partial charge < -0.3 is 5.73 Å². The minimum atomic E-state index is -0.180. The van der Waals surface area contributed by atoms with E-state index in [9.17, 15) is 4.39 Å². The van der Waals surface area contributed by atoms with Crippen molar-refractivity contribution in [2.45, 2.75) is 25.2 Å². The molecule has 0 aromatic heterocycles. The van der Waals surface area contributed by atoms with E-state index in [0.29, 0.717) is 22.7 Å². The molecule has 0 heterocycles. The molecule has 1 aliphatic carbocycles. The molecule has 1 aromatic rings. The van der Waals surface area contributed by atoms with E-state index in [2.05, 4.69) is 0 Å². The Kier molecular flexibility index (Phi) is 2.28. The largest absolute Gasteiger partial charge is 0.330 e. The first-order valence-electron chi connectivity index (χ1n) is 4.76. The third kappa shape index (κ3) is 1.33. The van der Waals surface area contributed by atoms with Crippen LogP contribution in [0.25, 0.3) is 0 Å². The molecule has 1 aromatic carbocycles. The average molecular weight is 214 g/mol. The monoisotopic (exact) mass is 213 g/mol. The molecule has 0 saturated heterocycles. The van der Waals surface area contributed by atoms with Crippen LogP contribution in [0.4, 0.5) is 4.39 Å². The van der Waals surface area contributed by atoms with Crippen LogP contribution in [-0.2, 0) is 5.41 Å². The third-order valence-electron chi connectivity index (χ3n) is 3.06. The smallest absolute Gasteiger partial charge is 0.131 e. The second kappa shape index (κ2) is 3.21. The molecular formula is C11H13ClFN. The maximum atomic E-state index is 13.8. The van der Waals surface area contributed by atoms with E-state index in [4.69, 9.17) is 17.3 Å². The summed E-state index contributed by atoms with van der Waals surface area (Å²) in [6.07, 6.45) is 1.90. The van der Waals surface area contributed by atoms with Crippen LogP contribution in [0.15, 0.2) is 12.1 Å². The molecule has 0 unspecified atom stereocenters. The third-order valence-corrected chi connectivity index (χ3v) is 3.37. The quantitative estimate of drug-likeness (QED) is 0.804. The van der Waals surface area contributed by atoms with Crippen LogP contribution in [0.1, 0.15) is 24.0 Å². The van der Waals surface area contributed by atoms with Gasteiger partial charge in [-0.15, -0.1) is 0 Å². The highest BCUT2D eigenvalue weighted by Crippen LogP contribution is 2.50. The number of benzene rings is 1. The molecule has 76 valence electrons. The molecule has 0 aliphatic heterocycles. The molecule has 1 aliphatic rings. The SMILES string of the molecule is Cc1ccc(Cl)c(C2(CN)CC2)c1F. The zero-order chi connectivity index (χ0) is 10.3. The number of hydrogen-bond acceptors (Lipinski definition) is 1. The predicted molar refractivity (Wildman–Crippen MR) is 56.1 cm³/mol. The first-order chi connectivity index (χ1) is 6.60. The van der Waals surface area contributed by atoms with Crippen molar-refractivity contribution in [1.82, 2.24) is 0 Å². The molecule has 14 heavy (non-hydrogen) atoms. The summed E-state index contributed by atoms with van der Waals surface area (Å²) in [4.78, 5) is 0. The number of aryl methyl sites for hydroxylation is 1. The van der Waals surface area contributed by atoms with Gasteiger partial charge in [-0.2, -0.15) is 0 Å². The lowest BCUT2D eigenvalue weighted by molar-refractivity contribution is 0.566. The molecule has 0 atom stereocenters. The van der Waals surface area contributed by atoms with E-state index in [-0.39, 0.29) is 11.2 Å². The van der Waals surface area contributed by atoms with E-state index >= 15 is 0 Å². The highest BCUT2D eigenvalue weighted by atomic mass is 35.5. The molecule has 3 heteroatoms. The van der Waals surface area contributed by atoms with Crippen molar-refractivity contribution in [2.24, 2.45) is 5.73 Å². The Balaban J connectivity index is 2.57. The summed E-state index contributed by atoms with van der Waals surface area (Å²) in [6, 6.07) is 3.46. The summed E-state index contributed by atoms with van der Waals surface area (Å²) in [5.41, 5.74) is 6.76. The van der Waals surface area contributed by atoms with Crippen molar-refractivity contribution in [3.05, 3.63) is 34.1 Å². The van der Waals surface area contributed by atoms with Crippen molar-refractivity contribution < 1.29 is 4.39 Å². The van der Waals surface area contributed by atoms with Gasteiger partial charge in [0.05, 0.1) is 0 Å². The van der Waals surface area contributed by atoms with Crippen molar-refractivity contribution in [2.75, 3.05) is 6.54 Å². The van der Waals surface area contributed by atoms with Crippen molar-refractivity contribution in [3.63, 3.8) is 0 Å². The lowest BCUT2D eigenvalue weighted by Crippen LogP contribution is -2.22. The number of rotatable bonds is 2. The minimum Gasteiger partial charge on any atom is -0.330 e. The van der Waals surface area contributed by atoms with Crippen molar-refractivity contribution >= 4 is 11.6 Å². The Morgan fingerprint density at radius 2 is 2.14 bits per heavy atom. The average Bonchev–Trinajstić information content (AvgIpc) is 2.93. The van der Waals surface area contributed by atoms with Gasteiger partial charge in [-0.25, -0.2) is 4.39 Å². The van der Waals surface area contributed by atoms with Crippen molar-refractivity contribution in [1.29, 1.82) is 0 Å². The molecule has 0 bridgehead atoms. The van der Waals surface area contributed by atoms with Crippen LogP contribution in [0.3, 0.4) is 0 Å². The Morgan fingerprint density at radius 1 is 1.50 bits per heavy atom. The zero-order valence-corrected chi connectivity index (χ0v) is 8.87. The summed E-state index contributed by atoms with van der Waals surface area (Å²) in [5.74, 6) is -0.180. The van der Waals surface area contributed by atoms with Crippen LogP contribution >= 0.6 is 11.6 Å². The molecule has 0 amide bonds. The molecule has 1 saturated carbocycles. The normalized spacial score (nSPS) is 18.3. The fourth-order valence-electron chi connectivity index (χ4n) is 1.85. The molecule has 1 nitrogen and oxygen atoms in total. The fraction of sp³-hybridized carbons (Fsp3) is 0.455. The van der Waals surface area contributed by atoms with Gasteiger partial charge in [0.2, 0.25) is 0 Å². The summed E-state index contributed by atoms with van der Waals surface area (Å²) in [5, 5.41) is 0.510. The predicted octanol–water partition coefficient (Wildman–Crippen LogP) is 2.78. The first-order valence-corrected chi connectivity index (χ1v) is 5.14. The molecule has 1 fully saturated rings. The van der Waals surface area contributed by atoms with Gasteiger partial charge in [-0.3, -0.25) is 0 Å². The maximum absolute atomic E-state index is 13.8. The standard InChI is InChI=1S/C11H13ClFN/c1-7-2-3-8(12)9(10(7)13)11(6-14)4-5-11/h2-3H,4-6,14H2,1H3. The number of hydrogen-bond donors (Lipinski definition) is 1. The van der Waals surface area contributed by atoms with Crippen molar-refractivity contribution in [3.8, 4) is 0 Å². The van der Waals surface area contributed by atoms with E-state index in [1.807, 2.05) is 0 Å². The topological polar surface area (TPSA) is 26.0 Å². The second-order valence-corrected chi connectivity index (χ2v) is 4.44. The number of halogens is 2. The van der Waals surface area contributed by atoms with Gasteiger partial charge >= 0.3 is 0 Å². The highest BCUT2D eigenvalue weighted by molar-refractivity contribution is 6.31. The summed E-state index contributed by atoms with van der Waals surface area (Å²) in [7, 11) is 0. The van der Waals surface area contributed by atoms with E-state index in [1.54, 1.807) is 19.1 Å². The lowest BCUT2D eigenvalue weighted by Gasteiger charge is -2.16. The lowest BCUT2D eigenvalue weighted by atomic mass is 9.94. The Hall–Kier alpha value is -0.600. The van der Waals surface area contributed by atoms with Crippen LogP contribution in [0.2, 0.25) is 5.02 Å². The van der Waals surface area contributed by atoms with Crippen LogP contribution in [0.5, 0.6) is 0 Å². The van der Waals surface area contributed by atoms with Crippen LogP contribution < -0.4 is 5.73 Å². The number of nitrogens with two attached hydrogens (primary N) is 1. The molecule has 0 spiro atoms. The van der Waals surface area contributed by atoms with Gasteiger partial charge in [-0.05, 0) is 31.4 Å². The Labute approximate surface area is 88.1 Å². The molecule has 2 rings (SSSR count). The van der Waals surface area contributed by atoms with E-state index in [1.165, 1.54) is 0 Å². The van der Waals surface area contributed by atoms with Gasteiger partial charge in [0.15, 0.2) is 0 Å².